The second-order valence-electron chi connectivity index (χ2n) is 5.64. The molecule has 0 amide bonds. The molecule has 1 aliphatic rings. The van der Waals surface area contributed by atoms with Crippen molar-refractivity contribution in [2.24, 2.45) is 0 Å². The Hall–Kier alpha value is -0.390. The third-order valence-corrected chi connectivity index (χ3v) is 6.50. The van der Waals surface area contributed by atoms with Crippen LogP contribution >= 0.6 is 11.3 Å². The summed E-state index contributed by atoms with van der Waals surface area (Å²) in [6.45, 7) is 8.36. The van der Waals surface area contributed by atoms with Crippen LogP contribution in [0.5, 0.6) is 0 Å². The van der Waals surface area contributed by atoms with Crippen LogP contribution in [0.2, 0.25) is 0 Å². The van der Waals surface area contributed by atoms with Crippen molar-refractivity contribution in [3.8, 4) is 0 Å². The molecule has 2 atom stereocenters. The minimum absolute atomic E-state index is 0.202. The Morgan fingerprint density at radius 2 is 2.11 bits per heavy atom. The van der Waals surface area contributed by atoms with Crippen molar-refractivity contribution >= 4 is 21.2 Å². The zero-order valence-electron chi connectivity index (χ0n) is 11.4. The van der Waals surface area contributed by atoms with Gasteiger partial charge >= 0.3 is 0 Å². The van der Waals surface area contributed by atoms with Crippen molar-refractivity contribution in [2.45, 2.75) is 45.7 Å². The first-order valence-electron chi connectivity index (χ1n) is 6.26. The van der Waals surface area contributed by atoms with E-state index >= 15 is 0 Å². The lowest BCUT2D eigenvalue weighted by molar-refractivity contribution is 0.355. The number of rotatable bonds is 3. The van der Waals surface area contributed by atoms with Gasteiger partial charge in [0.05, 0.1) is 11.5 Å². The lowest BCUT2D eigenvalue weighted by atomic mass is 9.98. The molecular formula is C13H21NO2S2. The van der Waals surface area contributed by atoms with Crippen LogP contribution < -0.4 is 5.32 Å². The fourth-order valence-corrected chi connectivity index (χ4v) is 5.93. The molecular weight excluding hydrogens is 266 g/mol. The highest BCUT2D eigenvalue weighted by Crippen LogP contribution is 2.30. The number of sulfone groups is 1. The van der Waals surface area contributed by atoms with Gasteiger partial charge in [-0.2, -0.15) is 0 Å². The maximum atomic E-state index is 11.6. The second-order valence-corrected chi connectivity index (χ2v) is 9.28. The summed E-state index contributed by atoms with van der Waals surface area (Å²) in [5.74, 6) is 0.567. The molecule has 1 saturated heterocycles. The van der Waals surface area contributed by atoms with E-state index in [0.717, 1.165) is 0 Å². The maximum absolute atomic E-state index is 11.6. The second kappa shape index (κ2) is 4.62. The number of hydrogen-bond donors (Lipinski definition) is 1. The van der Waals surface area contributed by atoms with E-state index in [2.05, 4.69) is 32.2 Å². The zero-order valence-corrected chi connectivity index (χ0v) is 13.0. The number of hydrogen-bond acceptors (Lipinski definition) is 4. The van der Waals surface area contributed by atoms with Crippen LogP contribution in [0, 0.1) is 13.8 Å². The molecule has 1 aromatic rings. The highest BCUT2D eigenvalue weighted by Gasteiger charge is 2.39. The van der Waals surface area contributed by atoms with E-state index in [1.807, 2.05) is 6.92 Å². The zero-order chi connectivity index (χ0) is 13.6. The maximum Gasteiger partial charge on any atom is 0.152 e. The minimum atomic E-state index is -2.85. The van der Waals surface area contributed by atoms with Gasteiger partial charge in [0.1, 0.15) is 0 Å². The van der Waals surface area contributed by atoms with Crippen molar-refractivity contribution in [1.29, 1.82) is 0 Å². The smallest absolute Gasteiger partial charge is 0.152 e. The molecule has 3 nitrogen and oxygen atoms in total. The monoisotopic (exact) mass is 287 g/mol. The predicted molar refractivity (Wildman–Crippen MR) is 77.0 cm³/mol. The van der Waals surface area contributed by atoms with Crippen LogP contribution in [0.3, 0.4) is 0 Å². The Bertz CT molecular complexity index is 547. The fourth-order valence-electron chi connectivity index (χ4n) is 2.81. The van der Waals surface area contributed by atoms with E-state index in [-0.39, 0.29) is 17.3 Å². The van der Waals surface area contributed by atoms with Gasteiger partial charge in [0, 0.05) is 21.3 Å². The van der Waals surface area contributed by atoms with Gasteiger partial charge in [-0.05, 0) is 45.7 Å². The molecule has 0 saturated carbocycles. The predicted octanol–water partition coefficient (Wildman–Crippen LogP) is 2.59. The van der Waals surface area contributed by atoms with Gasteiger partial charge in [0.15, 0.2) is 9.84 Å². The highest BCUT2D eigenvalue weighted by atomic mass is 32.2. The summed E-state index contributed by atoms with van der Waals surface area (Å²) >= 11 is 1.80. The van der Waals surface area contributed by atoms with Crippen LogP contribution in [-0.2, 0) is 9.84 Å². The summed E-state index contributed by atoms with van der Waals surface area (Å²) in [5.41, 5.74) is 1.02. The lowest BCUT2D eigenvalue weighted by Crippen LogP contribution is -2.44. The Kier molecular flexibility index (Phi) is 3.60. The van der Waals surface area contributed by atoms with Crippen molar-refractivity contribution in [3.63, 3.8) is 0 Å². The van der Waals surface area contributed by atoms with Crippen LogP contribution in [0.4, 0.5) is 0 Å². The Morgan fingerprint density at radius 1 is 1.44 bits per heavy atom. The number of nitrogens with one attached hydrogen (secondary N) is 1. The third-order valence-electron chi connectivity index (χ3n) is 3.61. The molecule has 0 bridgehead atoms. The molecule has 1 aliphatic heterocycles. The molecule has 5 heteroatoms. The van der Waals surface area contributed by atoms with Gasteiger partial charge in [-0.3, -0.25) is 0 Å². The van der Waals surface area contributed by atoms with Gasteiger partial charge in [-0.1, -0.05) is 0 Å². The van der Waals surface area contributed by atoms with E-state index in [1.165, 1.54) is 15.3 Å². The normalized spacial score (nSPS) is 28.4. The molecule has 1 fully saturated rings. The van der Waals surface area contributed by atoms with Gasteiger partial charge in [-0.15, -0.1) is 11.3 Å². The molecule has 0 aliphatic carbocycles. The summed E-state index contributed by atoms with van der Waals surface area (Å²) < 4.78 is 23.2. The molecule has 0 spiro atoms. The topological polar surface area (TPSA) is 46.2 Å². The largest absolute Gasteiger partial charge is 0.304 e. The van der Waals surface area contributed by atoms with Crippen LogP contribution in [0.1, 0.15) is 41.6 Å². The van der Waals surface area contributed by atoms with Crippen molar-refractivity contribution < 1.29 is 8.42 Å². The van der Waals surface area contributed by atoms with E-state index in [4.69, 9.17) is 0 Å². The molecule has 0 radical (unpaired) electrons. The average Bonchev–Trinajstić information content (AvgIpc) is 2.67. The SMILES string of the molecule is Cc1cc(C(C)NC2(C)CCS(=O)(=O)C2)c(C)s1. The van der Waals surface area contributed by atoms with E-state index in [1.54, 1.807) is 11.3 Å². The first-order valence-corrected chi connectivity index (χ1v) is 8.90. The molecule has 2 rings (SSSR count). The molecule has 1 N–H and O–H groups in total. The molecule has 2 unspecified atom stereocenters. The standard InChI is InChI=1S/C13H21NO2S2/c1-9-7-12(11(3)17-9)10(2)14-13(4)5-6-18(15,16)8-13/h7,10,14H,5-6,8H2,1-4H3. The Balaban J connectivity index is 2.13. The molecule has 18 heavy (non-hydrogen) atoms. The van der Waals surface area contributed by atoms with Gasteiger partial charge < -0.3 is 5.32 Å². The molecule has 102 valence electrons. The third kappa shape index (κ3) is 2.95. The van der Waals surface area contributed by atoms with E-state index < -0.39 is 9.84 Å². The minimum Gasteiger partial charge on any atom is -0.304 e. The Morgan fingerprint density at radius 3 is 2.56 bits per heavy atom. The first-order chi connectivity index (χ1) is 8.21. The van der Waals surface area contributed by atoms with Gasteiger partial charge in [-0.25, -0.2) is 8.42 Å². The van der Waals surface area contributed by atoms with E-state index in [9.17, 15) is 8.42 Å². The van der Waals surface area contributed by atoms with Gasteiger partial charge in [0.25, 0.3) is 0 Å². The Labute approximate surface area is 114 Å². The number of thiophene rings is 1. The summed E-state index contributed by atoms with van der Waals surface area (Å²) in [5, 5.41) is 3.51. The average molecular weight is 287 g/mol. The van der Waals surface area contributed by atoms with Crippen molar-refractivity contribution in [2.75, 3.05) is 11.5 Å². The van der Waals surface area contributed by atoms with Crippen LogP contribution in [0.25, 0.3) is 0 Å². The molecule has 1 aromatic heterocycles. The first kappa shape index (κ1) is 14.0. The summed E-state index contributed by atoms with van der Waals surface area (Å²) in [6, 6.07) is 2.40. The summed E-state index contributed by atoms with van der Waals surface area (Å²) in [7, 11) is -2.85. The summed E-state index contributed by atoms with van der Waals surface area (Å²) in [6.07, 6.45) is 0.710. The summed E-state index contributed by atoms with van der Waals surface area (Å²) in [4.78, 5) is 2.62. The fraction of sp³-hybridized carbons (Fsp3) is 0.692. The van der Waals surface area contributed by atoms with Crippen molar-refractivity contribution in [1.82, 2.24) is 5.32 Å². The lowest BCUT2D eigenvalue weighted by Gasteiger charge is -2.28. The van der Waals surface area contributed by atoms with E-state index in [0.29, 0.717) is 12.2 Å². The van der Waals surface area contributed by atoms with Crippen LogP contribution in [-0.4, -0.2) is 25.5 Å². The highest BCUT2D eigenvalue weighted by molar-refractivity contribution is 7.91. The van der Waals surface area contributed by atoms with Crippen molar-refractivity contribution in [3.05, 3.63) is 21.4 Å². The molecule has 0 aromatic carbocycles. The number of aryl methyl sites for hydroxylation is 2. The van der Waals surface area contributed by atoms with Gasteiger partial charge in [0.2, 0.25) is 0 Å². The quantitative estimate of drug-likeness (QED) is 0.929. The molecule has 2 heterocycles. The van der Waals surface area contributed by atoms with Crippen LogP contribution in [0.15, 0.2) is 6.07 Å².